The van der Waals surface area contributed by atoms with E-state index >= 15 is 0 Å². The quantitative estimate of drug-likeness (QED) is 0.838. The van der Waals surface area contributed by atoms with Gasteiger partial charge in [0.2, 0.25) is 10.0 Å². The minimum Gasteiger partial charge on any atom is -0.379 e. The fraction of sp³-hybridized carbons (Fsp3) is 0.600. The maximum absolute atomic E-state index is 12.7. The van der Waals surface area contributed by atoms with Gasteiger partial charge in [0.25, 0.3) is 0 Å². The molecule has 0 aromatic heterocycles. The molecule has 0 aliphatic carbocycles. The zero-order valence-electron chi connectivity index (χ0n) is 12.4. The molecule has 3 rings (SSSR count). The van der Waals surface area contributed by atoms with Gasteiger partial charge in [0, 0.05) is 32.2 Å². The molecule has 1 aromatic rings. The number of hydrogen-bond donors (Lipinski definition) is 0. The molecule has 2 aliphatic rings. The van der Waals surface area contributed by atoms with E-state index in [4.69, 9.17) is 4.74 Å². The van der Waals surface area contributed by atoms with Crippen LogP contribution in [-0.4, -0.2) is 63.1 Å². The second-order valence-corrected chi connectivity index (χ2v) is 7.70. The Bertz CT molecular complexity index is 579. The normalized spacial score (nSPS) is 25.3. The van der Waals surface area contributed by atoms with E-state index in [0.29, 0.717) is 24.0 Å². The highest BCUT2D eigenvalue weighted by molar-refractivity contribution is 7.89. The van der Waals surface area contributed by atoms with Crippen LogP contribution >= 0.6 is 0 Å². The van der Waals surface area contributed by atoms with Gasteiger partial charge in [-0.25, -0.2) is 8.42 Å². The van der Waals surface area contributed by atoms with Crippen LogP contribution in [0.3, 0.4) is 0 Å². The summed E-state index contributed by atoms with van der Waals surface area (Å²) in [6.07, 6.45) is 0.908. The van der Waals surface area contributed by atoms with E-state index in [1.54, 1.807) is 16.4 Å². The smallest absolute Gasteiger partial charge is 0.243 e. The third-order valence-corrected chi connectivity index (χ3v) is 6.23. The monoisotopic (exact) mass is 310 g/mol. The molecule has 2 heterocycles. The van der Waals surface area contributed by atoms with Gasteiger partial charge in [0.05, 0.1) is 18.1 Å². The van der Waals surface area contributed by atoms with Crippen LogP contribution in [-0.2, 0) is 14.8 Å². The van der Waals surface area contributed by atoms with Crippen molar-refractivity contribution in [3.8, 4) is 0 Å². The lowest BCUT2D eigenvalue weighted by atomic mass is 10.2. The molecule has 0 bridgehead atoms. The summed E-state index contributed by atoms with van der Waals surface area (Å²) >= 11 is 0. The van der Waals surface area contributed by atoms with Gasteiger partial charge in [-0.3, -0.25) is 4.90 Å². The molecule has 1 atom stereocenters. The number of aryl methyl sites for hydroxylation is 1. The molecule has 0 amide bonds. The summed E-state index contributed by atoms with van der Waals surface area (Å²) in [6.45, 7) is 6.48. The van der Waals surface area contributed by atoms with Crippen LogP contribution < -0.4 is 0 Å². The van der Waals surface area contributed by atoms with Crippen LogP contribution in [0.5, 0.6) is 0 Å². The Kier molecular flexibility index (Phi) is 4.31. The molecule has 2 saturated heterocycles. The molecule has 21 heavy (non-hydrogen) atoms. The van der Waals surface area contributed by atoms with Crippen LogP contribution in [0.2, 0.25) is 0 Å². The number of hydrogen-bond acceptors (Lipinski definition) is 4. The van der Waals surface area contributed by atoms with Crippen molar-refractivity contribution in [2.24, 2.45) is 0 Å². The lowest BCUT2D eigenvalue weighted by Crippen LogP contribution is -2.45. The van der Waals surface area contributed by atoms with Crippen molar-refractivity contribution in [2.75, 3.05) is 39.4 Å². The zero-order chi connectivity index (χ0) is 14.9. The van der Waals surface area contributed by atoms with Gasteiger partial charge < -0.3 is 4.74 Å². The highest BCUT2D eigenvalue weighted by Gasteiger charge is 2.35. The van der Waals surface area contributed by atoms with Gasteiger partial charge >= 0.3 is 0 Å². The SMILES string of the molecule is Cc1ccc(S(=O)(=O)N2CCC(N3CCOCC3)C2)cc1. The first-order chi connectivity index (χ1) is 10.1. The molecular formula is C15H22N2O3S. The predicted octanol–water partition coefficient (Wildman–Crippen LogP) is 1.09. The summed E-state index contributed by atoms with van der Waals surface area (Å²) in [5.74, 6) is 0. The highest BCUT2D eigenvalue weighted by Crippen LogP contribution is 2.24. The summed E-state index contributed by atoms with van der Waals surface area (Å²) in [5.41, 5.74) is 1.07. The van der Waals surface area contributed by atoms with Crippen molar-refractivity contribution in [3.63, 3.8) is 0 Å². The fourth-order valence-electron chi connectivity index (χ4n) is 3.03. The lowest BCUT2D eigenvalue weighted by Gasteiger charge is -2.32. The average Bonchev–Trinajstić information content (AvgIpc) is 2.99. The van der Waals surface area contributed by atoms with E-state index in [2.05, 4.69) is 4.90 Å². The molecule has 2 aliphatic heterocycles. The molecule has 1 aromatic carbocycles. The first-order valence-corrected chi connectivity index (χ1v) is 8.90. The van der Waals surface area contributed by atoms with Crippen LogP contribution in [0.4, 0.5) is 0 Å². The van der Waals surface area contributed by atoms with Crippen LogP contribution in [0, 0.1) is 6.92 Å². The highest BCUT2D eigenvalue weighted by atomic mass is 32.2. The Morgan fingerprint density at radius 3 is 2.43 bits per heavy atom. The third kappa shape index (κ3) is 3.13. The fourth-order valence-corrected chi connectivity index (χ4v) is 4.52. The lowest BCUT2D eigenvalue weighted by molar-refractivity contribution is 0.0197. The zero-order valence-corrected chi connectivity index (χ0v) is 13.2. The third-order valence-electron chi connectivity index (χ3n) is 4.35. The first kappa shape index (κ1) is 15.0. The Labute approximate surface area is 126 Å². The summed E-state index contributed by atoms with van der Waals surface area (Å²) in [6, 6.07) is 7.43. The van der Waals surface area contributed by atoms with Gasteiger partial charge in [0.15, 0.2) is 0 Å². The van der Waals surface area contributed by atoms with E-state index in [1.165, 1.54) is 0 Å². The molecule has 0 N–H and O–H groups in total. The Morgan fingerprint density at radius 2 is 1.76 bits per heavy atom. The molecule has 6 heteroatoms. The van der Waals surface area contributed by atoms with Crippen molar-refractivity contribution in [1.82, 2.24) is 9.21 Å². The topological polar surface area (TPSA) is 49.9 Å². The second kappa shape index (κ2) is 6.04. The van der Waals surface area contributed by atoms with Gasteiger partial charge in [-0.15, -0.1) is 0 Å². The summed E-state index contributed by atoms with van der Waals surface area (Å²) in [4.78, 5) is 2.75. The molecule has 116 valence electrons. The summed E-state index contributed by atoms with van der Waals surface area (Å²) in [5, 5.41) is 0. The van der Waals surface area contributed by atoms with Gasteiger partial charge in [-0.05, 0) is 25.5 Å². The molecule has 5 nitrogen and oxygen atoms in total. The molecule has 0 radical (unpaired) electrons. The molecule has 2 fully saturated rings. The number of ether oxygens (including phenoxy) is 1. The van der Waals surface area contributed by atoms with Gasteiger partial charge in [-0.1, -0.05) is 17.7 Å². The van der Waals surface area contributed by atoms with Crippen LogP contribution in [0.25, 0.3) is 0 Å². The Balaban J connectivity index is 1.71. The van der Waals surface area contributed by atoms with Crippen LogP contribution in [0.15, 0.2) is 29.2 Å². The Hall–Kier alpha value is -0.950. The Morgan fingerprint density at radius 1 is 1.10 bits per heavy atom. The van der Waals surface area contributed by atoms with E-state index in [0.717, 1.165) is 38.3 Å². The van der Waals surface area contributed by atoms with E-state index in [1.807, 2.05) is 19.1 Å². The largest absolute Gasteiger partial charge is 0.379 e. The predicted molar refractivity (Wildman–Crippen MR) is 80.7 cm³/mol. The van der Waals surface area contributed by atoms with E-state index in [-0.39, 0.29) is 0 Å². The van der Waals surface area contributed by atoms with Crippen molar-refractivity contribution < 1.29 is 13.2 Å². The average molecular weight is 310 g/mol. The number of benzene rings is 1. The minimum atomic E-state index is -3.35. The minimum absolute atomic E-state index is 0.328. The van der Waals surface area contributed by atoms with Crippen LogP contribution in [0.1, 0.15) is 12.0 Å². The van der Waals surface area contributed by atoms with Crippen molar-refractivity contribution in [3.05, 3.63) is 29.8 Å². The van der Waals surface area contributed by atoms with E-state index < -0.39 is 10.0 Å². The molecule has 0 spiro atoms. The number of morpholine rings is 1. The molecule has 1 unspecified atom stereocenters. The molecule has 0 saturated carbocycles. The number of sulfonamides is 1. The van der Waals surface area contributed by atoms with Crippen molar-refractivity contribution >= 4 is 10.0 Å². The maximum atomic E-state index is 12.7. The summed E-state index contributed by atoms with van der Waals surface area (Å²) < 4.78 is 32.3. The van der Waals surface area contributed by atoms with Gasteiger partial charge in [0.1, 0.15) is 0 Å². The summed E-state index contributed by atoms with van der Waals surface area (Å²) in [7, 11) is -3.35. The van der Waals surface area contributed by atoms with Crippen molar-refractivity contribution in [2.45, 2.75) is 24.3 Å². The standard InChI is InChI=1S/C15H22N2O3S/c1-13-2-4-15(5-3-13)21(18,19)17-7-6-14(12-17)16-8-10-20-11-9-16/h2-5,14H,6-12H2,1H3. The first-order valence-electron chi connectivity index (χ1n) is 7.46. The second-order valence-electron chi connectivity index (χ2n) is 5.77. The maximum Gasteiger partial charge on any atom is 0.243 e. The van der Waals surface area contributed by atoms with E-state index in [9.17, 15) is 8.42 Å². The molecular weight excluding hydrogens is 288 g/mol. The van der Waals surface area contributed by atoms with Gasteiger partial charge in [-0.2, -0.15) is 4.31 Å². The number of rotatable bonds is 3. The number of nitrogens with zero attached hydrogens (tertiary/aromatic N) is 2. The van der Waals surface area contributed by atoms with Crippen molar-refractivity contribution in [1.29, 1.82) is 0 Å².